The van der Waals surface area contributed by atoms with Gasteiger partial charge in [0.1, 0.15) is 0 Å². The number of H-pyrrole nitrogens is 1. The van der Waals surface area contributed by atoms with Crippen LogP contribution in [-0.2, 0) is 18.2 Å². The lowest BCUT2D eigenvalue weighted by molar-refractivity contribution is 0.0839. The molecule has 0 aromatic carbocycles. The molecule has 6 nitrogen and oxygen atoms in total. The Kier molecular flexibility index (Phi) is 4.76. The van der Waals surface area contributed by atoms with Crippen LogP contribution in [0.4, 0.5) is 0 Å². The lowest BCUT2D eigenvalue weighted by Crippen LogP contribution is -2.31. The highest BCUT2D eigenvalue weighted by atomic mass is 16.5. The van der Waals surface area contributed by atoms with E-state index >= 15 is 0 Å². The second-order valence-electron chi connectivity index (χ2n) is 6.48. The van der Waals surface area contributed by atoms with Crippen molar-refractivity contribution in [3.63, 3.8) is 0 Å². The van der Waals surface area contributed by atoms with Gasteiger partial charge >= 0.3 is 0 Å². The van der Waals surface area contributed by atoms with E-state index in [1.807, 2.05) is 37.8 Å². The molecule has 1 saturated heterocycles. The topological polar surface area (TPSA) is 71.9 Å². The molecule has 1 aliphatic heterocycles. The van der Waals surface area contributed by atoms with Crippen LogP contribution in [-0.4, -0.2) is 33.8 Å². The zero-order valence-electron chi connectivity index (χ0n) is 14.8. The number of carbonyl (C=O) groups excluding carboxylic acids is 1. The van der Waals surface area contributed by atoms with Crippen molar-refractivity contribution < 1.29 is 9.53 Å². The SMILES string of the molecule is CCc1[nH]ccc1C(=O)NC[C@H]1CCO[C@@H]1c1c(C)nn(C)c1C. The van der Waals surface area contributed by atoms with Crippen LogP contribution in [0.5, 0.6) is 0 Å². The van der Waals surface area contributed by atoms with Crippen LogP contribution in [0.1, 0.15) is 52.5 Å². The fraction of sp³-hybridized carbons (Fsp3) is 0.556. The molecule has 130 valence electrons. The third-order valence-electron chi connectivity index (χ3n) is 5.02. The molecule has 1 aliphatic rings. The second kappa shape index (κ2) is 6.81. The molecule has 2 N–H and O–H groups in total. The van der Waals surface area contributed by atoms with Gasteiger partial charge in [-0.15, -0.1) is 0 Å². The summed E-state index contributed by atoms with van der Waals surface area (Å²) in [5.74, 6) is 0.262. The van der Waals surface area contributed by atoms with Crippen molar-refractivity contribution in [2.24, 2.45) is 13.0 Å². The molecule has 0 aliphatic carbocycles. The number of ether oxygens (including phenoxy) is 1. The van der Waals surface area contributed by atoms with Gasteiger partial charge in [0.25, 0.3) is 5.91 Å². The molecule has 0 bridgehead atoms. The minimum atomic E-state index is -0.0154. The monoisotopic (exact) mass is 330 g/mol. The molecule has 1 fully saturated rings. The summed E-state index contributed by atoms with van der Waals surface area (Å²) in [5, 5.41) is 7.57. The zero-order valence-corrected chi connectivity index (χ0v) is 14.8. The Morgan fingerprint density at radius 2 is 2.29 bits per heavy atom. The predicted octanol–water partition coefficient (Wildman–Crippen LogP) is 2.44. The Labute approximate surface area is 142 Å². The maximum absolute atomic E-state index is 12.4. The number of nitrogens with one attached hydrogen (secondary N) is 2. The number of rotatable bonds is 5. The van der Waals surface area contributed by atoms with Gasteiger partial charge in [0.15, 0.2) is 0 Å². The van der Waals surface area contributed by atoms with Crippen molar-refractivity contribution in [2.45, 2.75) is 39.7 Å². The molecule has 0 saturated carbocycles. The number of hydrogen-bond donors (Lipinski definition) is 2. The minimum absolute atomic E-state index is 0.0101. The molecule has 24 heavy (non-hydrogen) atoms. The van der Waals surface area contributed by atoms with Gasteiger partial charge in [0.2, 0.25) is 0 Å². The van der Waals surface area contributed by atoms with Gasteiger partial charge < -0.3 is 15.0 Å². The summed E-state index contributed by atoms with van der Waals surface area (Å²) in [6, 6.07) is 1.84. The number of hydrogen-bond acceptors (Lipinski definition) is 3. The number of aromatic nitrogens is 3. The maximum atomic E-state index is 12.4. The summed E-state index contributed by atoms with van der Waals surface area (Å²) in [5.41, 5.74) is 5.03. The fourth-order valence-electron chi connectivity index (χ4n) is 3.59. The van der Waals surface area contributed by atoms with E-state index < -0.39 is 0 Å². The molecule has 0 spiro atoms. The fourth-order valence-corrected chi connectivity index (χ4v) is 3.59. The smallest absolute Gasteiger partial charge is 0.253 e. The Morgan fingerprint density at radius 1 is 1.50 bits per heavy atom. The van der Waals surface area contributed by atoms with E-state index in [1.165, 1.54) is 5.56 Å². The summed E-state index contributed by atoms with van der Waals surface area (Å²) in [4.78, 5) is 15.6. The number of aryl methyl sites for hydroxylation is 3. The number of nitrogens with zero attached hydrogens (tertiary/aromatic N) is 2. The van der Waals surface area contributed by atoms with Crippen molar-refractivity contribution in [3.8, 4) is 0 Å². The van der Waals surface area contributed by atoms with Crippen molar-refractivity contribution >= 4 is 5.91 Å². The largest absolute Gasteiger partial charge is 0.373 e. The van der Waals surface area contributed by atoms with Crippen LogP contribution in [0.3, 0.4) is 0 Å². The highest BCUT2D eigenvalue weighted by Gasteiger charge is 2.33. The number of aromatic amines is 1. The van der Waals surface area contributed by atoms with Crippen LogP contribution in [0, 0.1) is 19.8 Å². The first kappa shape index (κ1) is 16.8. The van der Waals surface area contributed by atoms with Crippen molar-refractivity contribution in [3.05, 3.63) is 40.5 Å². The van der Waals surface area contributed by atoms with E-state index in [1.54, 1.807) is 0 Å². The van der Waals surface area contributed by atoms with Crippen LogP contribution in [0.15, 0.2) is 12.3 Å². The van der Waals surface area contributed by atoms with Crippen molar-refractivity contribution in [1.82, 2.24) is 20.1 Å². The summed E-state index contributed by atoms with van der Waals surface area (Å²) in [6.07, 6.45) is 3.60. The highest BCUT2D eigenvalue weighted by molar-refractivity contribution is 5.95. The van der Waals surface area contributed by atoms with Crippen LogP contribution < -0.4 is 5.32 Å². The van der Waals surface area contributed by atoms with E-state index in [-0.39, 0.29) is 17.9 Å². The van der Waals surface area contributed by atoms with E-state index in [0.717, 1.165) is 42.1 Å². The Balaban J connectivity index is 1.69. The van der Waals surface area contributed by atoms with E-state index in [4.69, 9.17) is 4.74 Å². The third kappa shape index (κ3) is 2.98. The minimum Gasteiger partial charge on any atom is -0.373 e. The Hall–Kier alpha value is -2.08. The lowest BCUT2D eigenvalue weighted by atomic mass is 9.94. The molecule has 0 radical (unpaired) electrons. The normalized spacial score (nSPS) is 20.5. The van der Waals surface area contributed by atoms with Gasteiger partial charge in [-0.05, 0) is 32.8 Å². The summed E-state index contributed by atoms with van der Waals surface area (Å²) in [7, 11) is 1.95. The zero-order chi connectivity index (χ0) is 17.3. The molecule has 2 aromatic heterocycles. The first-order valence-corrected chi connectivity index (χ1v) is 8.59. The molecular weight excluding hydrogens is 304 g/mol. The number of carbonyl (C=O) groups is 1. The Morgan fingerprint density at radius 3 is 2.96 bits per heavy atom. The van der Waals surface area contributed by atoms with E-state index in [0.29, 0.717) is 6.54 Å². The van der Waals surface area contributed by atoms with Gasteiger partial charge in [-0.3, -0.25) is 9.48 Å². The first-order chi connectivity index (χ1) is 11.5. The van der Waals surface area contributed by atoms with Crippen LogP contribution >= 0.6 is 0 Å². The van der Waals surface area contributed by atoms with Crippen LogP contribution in [0.25, 0.3) is 0 Å². The quantitative estimate of drug-likeness (QED) is 0.884. The molecule has 0 unspecified atom stereocenters. The molecule has 3 heterocycles. The highest BCUT2D eigenvalue weighted by Crippen LogP contribution is 2.37. The standard InChI is InChI=1S/C18H26N4O2/c1-5-15-14(6-8-19-15)18(23)20-10-13-7-9-24-17(13)16-11(2)21-22(4)12(16)3/h6,8,13,17,19H,5,7,9-10H2,1-4H3,(H,20,23)/t13-,17+/m1/s1. The van der Waals surface area contributed by atoms with E-state index in [9.17, 15) is 4.79 Å². The average molecular weight is 330 g/mol. The maximum Gasteiger partial charge on any atom is 0.253 e. The molecule has 6 heteroatoms. The van der Waals surface area contributed by atoms with Gasteiger partial charge in [-0.25, -0.2) is 0 Å². The predicted molar refractivity (Wildman–Crippen MR) is 92.0 cm³/mol. The molecule has 1 amide bonds. The van der Waals surface area contributed by atoms with Gasteiger partial charge in [-0.2, -0.15) is 5.10 Å². The van der Waals surface area contributed by atoms with Gasteiger partial charge in [0, 0.05) is 49.3 Å². The third-order valence-corrected chi connectivity index (χ3v) is 5.02. The van der Waals surface area contributed by atoms with E-state index in [2.05, 4.69) is 22.3 Å². The molecule has 2 atom stereocenters. The summed E-state index contributed by atoms with van der Waals surface area (Å²) < 4.78 is 7.88. The van der Waals surface area contributed by atoms with Crippen LogP contribution in [0.2, 0.25) is 0 Å². The van der Waals surface area contributed by atoms with Gasteiger partial charge in [-0.1, -0.05) is 6.92 Å². The summed E-state index contributed by atoms with van der Waals surface area (Å²) >= 11 is 0. The summed E-state index contributed by atoms with van der Waals surface area (Å²) in [6.45, 7) is 7.47. The first-order valence-electron chi connectivity index (χ1n) is 8.59. The Bertz CT molecular complexity index is 731. The van der Waals surface area contributed by atoms with Gasteiger partial charge in [0.05, 0.1) is 17.4 Å². The lowest BCUT2D eigenvalue weighted by Gasteiger charge is -2.20. The average Bonchev–Trinajstić information content (AvgIpc) is 3.25. The van der Waals surface area contributed by atoms with Crippen molar-refractivity contribution in [1.29, 1.82) is 0 Å². The number of amides is 1. The molecular formula is C18H26N4O2. The second-order valence-corrected chi connectivity index (χ2v) is 6.48. The molecule has 2 aromatic rings. The van der Waals surface area contributed by atoms with Crippen molar-refractivity contribution in [2.75, 3.05) is 13.2 Å². The molecule has 3 rings (SSSR count).